The van der Waals surface area contributed by atoms with Crippen LogP contribution in [0.3, 0.4) is 0 Å². The third-order valence-corrected chi connectivity index (χ3v) is 15.5. The Labute approximate surface area is 219 Å². The number of carbonyl (C=O) groups excluding carboxylic acids is 1. The Kier molecular flexibility index (Phi) is 17.9. The number of rotatable bonds is 23. The van der Waals surface area contributed by atoms with E-state index in [1.54, 1.807) is 64.0 Å². The van der Waals surface area contributed by atoms with E-state index in [0.29, 0.717) is 56.7 Å². The van der Waals surface area contributed by atoms with Crippen LogP contribution in [-0.4, -0.2) is 103 Å². The normalized spacial score (nSPS) is 13.3. The Balaban J connectivity index is 5.80. The summed E-state index contributed by atoms with van der Waals surface area (Å²) in [7, 11) is 5.81. The summed E-state index contributed by atoms with van der Waals surface area (Å²) in [6.45, 7) is 0.173. The van der Waals surface area contributed by atoms with E-state index in [0.717, 1.165) is 0 Å². The molecule has 0 fully saturated rings. The molecular weight excluding hydrogens is 529 g/mol. The van der Waals surface area contributed by atoms with Crippen LogP contribution in [0.25, 0.3) is 0 Å². The SMILES string of the molecule is CO[Si](CCCC(CCC[Si](OC)(OC)OC)(CCC[Si](OC)(OC)OC)CNC(=O)F)(OC)OC. The lowest BCUT2D eigenvalue weighted by molar-refractivity contribution is 0.113. The van der Waals surface area contributed by atoms with Gasteiger partial charge in [0.1, 0.15) is 0 Å². The highest BCUT2D eigenvalue weighted by Crippen LogP contribution is 2.39. The highest BCUT2D eigenvalue weighted by Gasteiger charge is 2.42. The predicted molar refractivity (Wildman–Crippen MR) is 139 cm³/mol. The predicted octanol–water partition coefficient (Wildman–Crippen LogP) is 3.63. The molecular formula is C21H48FNO10Si3. The maximum Gasteiger partial charge on any atom is 0.500 e. The molecule has 0 radical (unpaired) electrons. The summed E-state index contributed by atoms with van der Waals surface area (Å²) in [4.78, 5) is 11.3. The molecule has 0 rings (SSSR count). The lowest BCUT2D eigenvalue weighted by Gasteiger charge is -2.36. The average molecular weight is 578 g/mol. The van der Waals surface area contributed by atoms with Gasteiger partial charge in [-0.2, -0.15) is 0 Å². The molecule has 0 saturated heterocycles. The van der Waals surface area contributed by atoms with Crippen LogP contribution in [0.5, 0.6) is 0 Å². The van der Waals surface area contributed by atoms with Gasteiger partial charge in [-0.1, -0.05) is 0 Å². The van der Waals surface area contributed by atoms with E-state index in [4.69, 9.17) is 39.8 Å². The van der Waals surface area contributed by atoms with E-state index in [1.165, 1.54) is 0 Å². The molecule has 0 spiro atoms. The third-order valence-electron chi connectivity index (χ3n) is 6.97. The van der Waals surface area contributed by atoms with Crippen molar-refractivity contribution in [3.8, 4) is 0 Å². The monoisotopic (exact) mass is 577 g/mol. The molecule has 11 nitrogen and oxygen atoms in total. The Morgan fingerprint density at radius 1 is 0.583 bits per heavy atom. The molecule has 1 N–H and O–H groups in total. The van der Waals surface area contributed by atoms with Crippen molar-refractivity contribution in [2.45, 2.75) is 56.7 Å². The van der Waals surface area contributed by atoms with Gasteiger partial charge < -0.3 is 45.2 Å². The van der Waals surface area contributed by atoms with E-state index < -0.39 is 38.0 Å². The van der Waals surface area contributed by atoms with Crippen LogP contribution in [0.1, 0.15) is 38.5 Å². The van der Waals surface area contributed by atoms with Crippen LogP contribution < -0.4 is 5.32 Å². The fourth-order valence-electron chi connectivity index (χ4n) is 4.61. The Hall–Kier alpha value is -0.309. The van der Waals surface area contributed by atoms with Crippen molar-refractivity contribution in [1.82, 2.24) is 5.32 Å². The van der Waals surface area contributed by atoms with Crippen LogP contribution in [0, 0.1) is 5.41 Å². The molecule has 0 saturated carbocycles. The topological polar surface area (TPSA) is 112 Å². The zero-order valence-electron chi connectivity index (χ0n) is 23.5. The molecule has 0 aromatic carbocycles. The van der Waals surface area contributed by atoms with Gasteiger partial charge in [-0.15, -0.1) is 4.39 Å². The van der Waals surface area contributed by atoms with E-state index in [-0.39, 0.29) is 6.54 Å². The molecule has 1 amide bonds. The van der Waals surface area contributed by atoms with Crippen LogP contribution in [0.4, 0.5) is 9.18 Å². The van der Waals surface area contributed by atoms with Gasteiger partial charge in [-0.05, 0) is 43.9 Å². The van der Waals surface area contributed by atoms with Gasteiger partial charge in [0.15, 0.2) is 0 Å². The first kappa shape index (κ1) is 35.7. The van der Waals surface area contributed by atoms with Crippen molar-refractivity contribution in [2.24, 2.45) is 5.41 Å². The van der Waals surface area contributed by atoms with Crippen LogP contribution >= 0.6 is 0 Å². The number of nitrogens with one attached hydrogen (secondary N) is 1. The highest BCUT2D eigenvalue weighted by molar-refractivity contribution is 6.61. The summed E-state index contributed by atoms with van der Waals surface area (Å²) in [5.74, 6) is 0. The van der Waals surface area contributed by atoms with Gasteiger partial charge in [0.05, 0.1) is 0 Å². The van der Waals surface area contributed by atoms with E-state index in [2.05, 4.69) is 5.32 Å². The third kappa shape index (κ3) is 11.2. The zero-order valence-corrected chi connectivity index (χ0v) is 26.5. The molecule has 36 heavy (non-hydrogen) atoms. The van der Waals surface area contributed by atoms with Crippen LogP contribution in [0.15, 0.2) is 0 Å². The second-order valence-corrected chi connectivity index (χ2v) is 17.8. The van der Waals surface area contributed by atoms with Crippen molar-refractivity contribution >= 4 is 32.6 Å². The molecule has 0 aromatic heterocycles. The fraction of sp³-hybridized carbons (Fsp3) is 0.952. The Morgan fingerprint density at radius 2 is 0.833 bits per heavy atom. The molecule has 0 unspecified atom stereocenters. The maximum absolute atomic E-state index is 13.3. The van der Waals surface area contributed by atoms with Crippen molar-refractivity contribution in [3.05, 3.63) is 0 Å². The molecule has 216 valence electrons. The van der Waals surface area contributed by atoms with Crippen molar-refractivity contribution in [3.63, 3.8) is 0 Å². The standard InChI is InChI=1S/C21H48FNO10Si3/c1-25-34(26-2,27-3)16-10-13-21(19-23-20(22)24,14-11-17-35(28-4,29-5)30-6)15-12-18-36(31-7,32-8)33-9/h10-19H2,1-9H3,(H,23,24). The Morgan fingerprint density at radius 3 is 1.03 bits per heavy atom. The second-order valence-electron chi connectivity index (χ2n) is 8.57. The summed E-state index contributed by atoms with van der Waals surface area (Å²) < 4.78 is 63.4. The zero-order chi connectivity index (χ0) is 27.7. The summed E-state index contributed by atoms with van der Waals surface area (Å²) in [5, 5.41) is 2.40. The second kappa shape index (κ2) is 18.1. The van der Waals surface area contributed by atoms with Gasteiger partial charge in [0.2, 0.25) is 0 Å². The van der Waals surface area contributed by atoms with E-state index >= 15 is 0 Å². The maximum atomic E-state index is 13.3. The number of amides is 1. The minimum absolute atomic E-state index is 0.173. The highest BCUT2D eigenvalue weighted by atomic mass is 28.4. The van der Waals surface area contributed by atoms with E-state index in [9.17, 15) is 9.18 Å². The first-order valence-electron chi connectivity index (χ1n) is 12.0. The summed E-state index contributed by atoms with van der Waals surface area (Å²) in [5.41, 5.74) is -0.429. The summed E-state index contributed by atoms with van der Waals surface area (Å²) in [6.07, 6.45) is 2.59. The van der Waals surface area contributed by atoms with Gasteiger partial charge in [0, 0.05) is 88.7 Å². The number of hydrogen-bond donors (Lipinski definition) is 1. The van der Waals surface area contributed by atoms with Gasteiger partial charge in [-0.3, -0.25) is 0 Å². The molecule has 0 heterocycles. The summed E-state index contributed by atoms with van der Waals surface area (Å²) in [6, 6.07) is 1.75. The minimum atomic E-state index is -2.79. The lowest BCUT2D eigenvalue weighted by atomic mass is 9.75. The Bertz CT molecular complexity index is 507. The van der Waals surface area contributed by atoms with Crippen molar-refractivity contribution < 1.29 is 49.0 Å². The summed E-state index contributed by atoms with van der Waals surface area (Å²) >= 11 is 0. The average Bonchev–Trinajstić information content (AvgIpc) is 2.91. The van der Waals surface area contributed by atoms with Crippen LogP contribution in [0.2, 0.25) is 18.1 Å². The molecule has 0 atom stereocenters. The van der Waals surface area contributed by atoms with Gasteiger partial charge >= 0.3 is 32.6 Å². The molecule has 0 aliphatic rings. The minimum Gasteiger partial charge on any atom is -0.377 e. The van der Waals surface area contributed by atoms with Gasteiger partial charge in [0.25, 0.3) is 0 Å². The van der Waals surface area contributed by atoms with Crippen LogP contribution in [-0.2, 0) is 39.8 Å². The lowest BCUT2D eigenvalue weighted by Crippen LogP contribution is -2.45. The molecule has 15 heteroatoms. The number of hydrogen-bond acceptors (Lipinski definition) is 10. The van der Waals surface area contributed by atoms with E-state index in [1.807, 2.05) is 0 Å². The van der Waals surface area contributed by atoms with Crippen molar-refractivity contribution in [2.75, 3.05) is 70.5 Å². The first-order valence-corrected chi connectivity index (χ1v) is 17.8. The van der Waals surface area contributed by atoms with Crippen molar-refractivity contribution in [1.29, 1.82) is 0 Å². The first-order chi connectivity index (χ1) is 17.1. The van der Waals surface area contributed by atoms with Gasteiger partial charge in [-0.25, -0.2) is 4.79 Å². The quantitative estimate of drug-likeness (QED) is 0.110. The molecule has 0 aliphatic carbocycles. The largest absolute Gasteiger partial charge is 0.500 e. The number of halogens is 1. The molecule has 0 bridgehead atoms. The number of carbonyl (C=O) groups is 1. The smallest absolute Gasteiger partial charge is 0.377 e. The molecule has 0 aliphatic heterocycles. The molecule has 0 aromatic rings. The fourth-order valence-corrected chi connectivity index (χ4v) is 9.77.